The Morgan fingerprint density at radius 2 is 1.76 bits per heavy atom. The van der Waals surface area contributed by atoms with Crippen LogP contribution >= 0.6 is 0 Å². The van der Waals surface area contributed by atoms with E-state index in [-0.39, 0.29) is 5.54 Å². The molecule has 0 spiro atoms. The van der Waals surface area contributed by atoms with Crippen molar-refractivity contribution >= 4 is 11.6 Å². The molecule has 0 fully saturated rings. The highest BCUT2D eigenvalue weighted by Gasteiger charge is 2.15. The third kappa shape index (κ3) is 3.85. The van der Waals surface area contributed by atoms with Crippen molar-refractivity contribution in [3.63, 3.8) is 0 Å². The van der Waals surface area contributed by atoms with Crippen molar-refractivity contribution in [2.45, 2.75) is 53.0 Å². The summed E-state index contributed by atoms with van der Waals surface area (Å²) in [5, 5.41) is 3.38. The monoisotopic (exact) mass is 237 g/mol. The van der Waals surface area contributed by atoms with Gasteiger partial charge < -0.3 is 10.7 Å². The number of aromatic nitrogens is 2. The van der Waals surface area contributed by atoms with Crippen LogP contribution in [0.4, 0.5) is 11.6 Å². The molecule has 17 heavy (non-hydrogen) atoms. The van der Waals surface area contributed by atoms with Crippen LogP contribution in [0.25, 0.3) is 0 Å². The number of nitrogens with zero attached hydrogens (tertiary/aromatic N) is 2. The van der Waals surface area contributed by atoms with Crippen LogP contribution in [0.5, 0.6) is 0 Å². The standard InChI is InChI=1S/C12H23N5/c1-6-7-9-14-10(16-12(3,4)5)8(2)11(15-9)17-13/h6-7,13H2,1-5H3,(H2,14,15,16,17). The van der Waals surface area contributed by atoms with E-state index in [9.17, 15) is 0 Å². The van der Waals surface area contributed by atoms with Gasteiger partial charge in [-0.05, 0) is 34.1 Å². The summed E-state index contributed by atoms with van der Waals surface area (Å²) >= 11 is 0. The molecule has 4 N–H and O–H groups in total. The van der Waals surface area contributed by atoms with Gasteiger partial charge in [0.25, 0.3) is 0 Å². The van der Waals surface area contributed by atoms with Crippen LogP contribution in [0, 0.1) is 6.92 Å². The Morgan fingerprint density at radius 3 is 2.24 bits per heavy atom. The summed E-state index contributed by atoms with van der Waals surface area (Å²) < 4.78 is 0. The van der Waals surface area contributed by atoms with E-state index in [1.165, 1.54) is 0 Å². The maximum atomic E-state index is 5.48. The van der Waals surface area contributed by atoms with E-state index in [0.29, 0.717) is 5.82 Å². The van der Waals surface area contributed by atoms with E-state index in [0.717, 1.165) is 30.0 Å². The molecule has 0 bridgehead atoms. The van der Waals surface area contributed by atoms with Gasteiger partial charge in [0.1, 0.15) is 17.5 Å². The van der Waals surface area contributed by atoms with E-state index in [1.807, 2.05) is 6.92 Å². The lowest BCUT2D eigenvalue weighted by Gasteiger charge is -2.23. The third-order valence-corrected chi connectivity index (χ3v) is 2.30. The topological polar surface area (TPSA) is 75.9 Å². The van der Waals surface area contributed by atoms with Gasteiger partial charge in [-0.1, -0.05) is 6.92 Å². The van der Waals surface area contributed by atoms with Crippen molar-refractivity contribution in [1.82, 2.24) is 9.97 Å². The molecule has 1 heterocycles. The lowest BCUT2D eigenvalue weighted by Crippen LogP contribution is -2.28. The molecule has 5 nitrogen and oxygen atoms in total. The van der Waals surface area contributed by atoms with E-state index >= 15 is 0 Å². The van der Waals surface area contributed by atoms with Crippen LogP contribution in [-0.2, 0) is 6.42 Å². The molecule has 0 saturated carbocycles. The number of hydrogen-bond donors (Lipinski definition) is 3. The van der Waals surface area contributed by atoms with Crippen LogP contribution < -0.4 is 16.6 Å². The van der Waals surface area contributed by atoms with E-state index in [2.05, 4.69) is 48.4 Å². The van der Waals surface area contributed by atoms with Crippen LogP contribution in [0.1, 0.15) is 45.5 Å². The molecule has 0 unspecified atom stereocenters. The highest BCUT2D eigenvalue weighted by atomic mass is 15.3. The van der Waals surface area contributed by atoms with Gasteiger partial charge in [-0.2, -0.15) is 0 Å². The Balaban J connectivity index is 3.13. The molecule has 0 atom stereocenters. The summed E-state index contributed by atoms with van der Waals surface area (Å²) in [4.78, 5) is 8.92. The predicted molar refractivity (Wildman–Crippen MR) is 71.9 cm³/mol. The Kier molecular flexibility index (Phi) is 4.28. The average Bonchev–Trinajstić information content (AvgIpc) is 2.21. The minimum atomic E-state index is -0.0333. The highest BCUT2D eigenvalue weighted by Crippen LogP contribution is 2.22. The number of rotatable bonds is 4. The number of anilines is 2. The fraction of sp³-hybridized carbons (Fsp3) is 0.667. The van der Waals surface area contributed by atoms with Crippen molar-refractivity contribution in [3.8, 4) is 0 Å². The number of nitrogen functional groups attached to an aromatic ring is 1. The molecule has 0 amide bonds. The fourth-order valence-corrected chi connectivity index (χ4v) is 1.52. The molecule has 0 saturated heterocycles. The minimum Gasteiger partial charge on any atom is -0.365 e. The Morgan fingerprint density at radius 1 is 1.18 bits per heavy atom. The lowest BCUT2D eigenvalue weighted by molar-refractivity contribution is 0.627. The Hall–Kier alpha value is -1.36. The normalized spacial score (nSPS) is 11.4. The second kappa shape index (κ2) is 5.31. The largest absolute Gasteiger partial charge is 0.365 e. The van der Waals surface area contributed by atoms with Gasteiger partial charge >= 0.3 is 0 Å². The van der Waals surface area contributed by atoms with Gasteiger partial charge in [0.2, 0.25) is 0 Å². The van der Waals surface area contributed by atoms with E-state index in [1.54, 1.807) is 0 Å². The molecule has 1 aromatic heterocycles. The molecule has 96 valence electrons. The first-order valence-corrected chi connectivity index (χ1v) is 5.99. The quantitative estimate of drug-likeness (QED) is 0.553. The molecule has 1 aromatic rings. The van der Waals surface area contributed by atoms with Crippen molar-refractivity contribution in [2.75, 3.05) is 10.7 Å². The molecule has 0 aliphatic rings. The molecule has 0 radical (unpaired) electrons. The SMILES string of the molecule is CCCc1nc(NN)c(C)c(NC(C)(C)C)n1. The number of aryl methyl sites for hydroxylation is 1. The molecule has 0 aliphatic carbocycles. The highest BCUT2D eigenvalue weighted by molar-refractivity contribution is 5.57. The summed E-state index contributed by atoms with van der Waals surface area (Å²) in [6, 6.07) is 0. The van der Waals surface area contributed by atoms with Crippen LogP contribution in [0.3, 0.4) is 0 Å². The average molecular weight is 237 g/mol. The maximum Gasteiger partial charge on any atom is 0.148 e. The lowest BCUT2D eigenvalue weighted by atomic mass is 10.1. The second-order valence-corrected chi connectivity index (χ2v) is 5.23. The number of nitrogens with two attached hydrogens (primary N) is 1. The third-order valence-electron chi connectivity index (χ3n) is 2.30. The minimum absolute atomic E-state index is 0.0333. The summed E-state index contributed by atoms with van der Waals surface area (Å²) in [5.74, 6) is 7.84. The number of hydrazine groups is 1. The summed E-state index contributed by atoms with van der Waals surface area (Å²) in [6.45, 7) is 10.4. The smallest absolute Gasteiger partial charge is 0.148 e. The molecule has 0 aromatic carbocycles. The predicted octanol–water partition coefficient (Wildman–Crippen LogP) is 2.23. The van der Waals surface area contributed by atoms with Gasteiger partial charge in [-0.15, -0.1) is 0 Å². The molecule has 0 aliphatic heterocycles. The molecule has 1 rings (SSSR count). The van der Waals surface area contributed by atoms with Gasteiger partial charge in [0, 0.05) is 17.5 Å². The van der Waals surface area contributed by atoms with Gasteiger partial charge in [0.15, 0.2) is 0 Å². The van der Waals surface area contributed by atoms with Crippen molar-refractivity contribution in [2.24, 2.45) is 5.84 Å². The summed E-state index contributed by atoms with van der Waals surface area (Å²) in [6.07, 6.45) is 1.87. The van der Waals surface area contributed by atoms with E-state index < -0.39 is 0 Å². The van der Waals surface area contributed by atoms with Gasteiger partial charge in [0.05, 0.1) is 0 Å². The molecular formula is C12H23N5. The van der Waals surface area contributed by atoms with E-state index in [4.69, 9.17) is 5.84 Å². The first-order valence-electron chi connectivity index (χ1n) is 5.99. The van der Waals surface area contributed by atoms with Crippen LogP contribution in [-0.4, -0.2) is 15.5 Å². The van der Waals surface area contributed by atoms with Crippen LogP contribution in [0.15, 0.2) is 0 Å². The first kappa shape index (κ1) is 13.7. The summed E-state index contributed by atoms with van der Waals surface area (Å²) in [7, 11) is 0. The summed E-state index contributed by atoms with van der Waals surface area (Å²) in [5.41, 5.74) is 3.54. The van der Waals surface area contributed by atoms with Crippen molar-refractivity contribution in [1.29, 1.82) is 0 Å². The Labute approximate surface area is 103 Å². The van der Waals surface area contributed by atoms with Gasteiger partial charge in [-0.25, -0.2) is 15.8 Å². The van der Waals surface area contributed by atoms with Crippen molar-refractivity contribution < 1.29 is 0 Å². The van der Waals surface area contributed by atoms with Crippen molar-refractivity contribution in [3.05, 3.63) is 11.4 Å². The molecular weight excluding hydrogens is 214 g/mol. The van der Waals surface area contributed by atoms with Gasteiger partial charge in [-0.3, -0.25) is 0 Å². The number of nitrogens with one attached hydrogen (secondary N) is 2. The Bertz CT molecular complexity index is 381. The van der Waals surface area contributed by atoms with Crippen LogP contribution in [0.2, 0.25) is 0 Å². The molecule has 5 heteroatoms. The number of hydrogen-bond acceptors (Lipinski definition) is 5. The maximum absolute atomic E-state index is 5.48. The zero-order valence-electron chi connectivity index (χ0n) is 11.4. The zero-order chi connectivity index (χ0) is 13.1. The zero-order valence-corrected chi connectivity index (χ0v) is 11.4. The second-order valence-electron chi connectivity index (χ2n) is 5.23. The fourth-order valence-electron chi connectivity index (χ4n) is 1.52. The first-order chi connectivity index (χ1) is 7.87.